The van der Waals surface area contributed by atoms with Crippen molar-refractivity contribution < 1.29 is 13.9 Å². The van der Waals surface area contributed by atoms with E-state index in [4.69, 9.17) is 15.2 Å². The van der Waals surface area contributed by atoms with Gasteiger partial charge in [0.15, 0.2) is 0 Å². The summed E-state index contributed by atoms with van der Waals surface area (Å²) in [6.07, 6.45) is 2.84. The summed E-state index contributed by atoms with van der Waals surface area (Å²) in [6.45, 7) is 2.18. The Morgan fingerprint density at radius 2 is 2.26 bits per heavy atom. The van der Waals surface area contributed by atoms with Gasteiger partial charge in [0, 0.05) is 35.5 Å². The van der Waals surface area contributed by atoms with Crippen molar-refractivity contribution in [2.24, 2.45) is 0 Å². The van der Waals surface area contributed by atoms with E-state index in [9.17, 15) is 4.39 Å². The number of rotatable bonds is 2. The second-order valence-electron chi connectivity index (χ2n) is 5.26. The van der Waals surface area contributed by atoms with E-state index in [1.54, 1.807) is 23.9 Å². The van der Waals surface area contributed by atoms with Gasteiger partial charge in [-0.15, -0.1) is 11.8 Å². The molecule has 0 aliphatic carbocycles. The van der Waals surface area contributed by atoms with Gasteiger partial charge in [-0.2, -0.15) is 0 Å². The molecule has 19 heavy (non-hydrogen) atoms. The largest absolute Gasteiger partial charge is 0.399 e. The number of benzene rings is 1. The number of anilines is 1. The first-order valence-electron chi connectivity index (χ1n) is 6.60. The van der Waals surface area contributed by atoms with Gasteiger partial charge in [-0.25, -0.2) is 4.39 Å². The summed E-state index contributed by atoms with van der Waals surface area (Å²) in [4.78, 5) is 0.676. The minimum atomic E-state index is -0.229. The van der Waals surface area contributed by atoms with E-state index in [0.717, 1.165) is 32.5 Å². The number of hydrogen-bond donors (Lipinski definition) is 1. The Labute approximate surface area is 116 Å². The van der Waals surface area contributed by atoms with Gasteiger partial charge < -0.3 is 15.2 Å². The van der Waals surface area contributed by atoms with Crippen molar-refractivity contribution in [3.8, 4) is 0 Å². The summed E-state index contributed by atoms with van der Waals surface area (Å²) in [7, 11) is 0. The standard InChI is InChI=1S/C14H18FNO2S/c15-12-7-10(16)1-2-13(12)19-11-3-5-18-14(8-11)4-6-17-9-14/h1-2,7,11H,3-6,8-9,16H2. The molecule has 2 aliphatic heterocycles. The summed E-state index contributed by atoms with van der Waals surface area (Å²) < 4.78 is 25.2. The Hall–Kier alpha value is -0.780. The van der Waals surface area contributed by atoms with Crippen molar-refractivity contribution in [3.63, 3.8) is 0 Å². The summed E-state index contributed by atoms with van der Waals surface area (Å²) >= 11 is 1.59. The number of thioether (sulfide) groups is 1. The molecule has 0 amide bonds. The van der Waals surface area contributed by atoms with E-state index in [2.05, 4.69) is 0 Å². The van der Waals surface area contributed by atoms with Gasteiger partial charge in [0.2, 0.25) is 0 Å². The molecule has 2 heterocycles. The maximum Gasteiger partial charge on any atom is 0.138 e. The lowest BCUT2D eigenvalue weighted by Crippen LogP contribution is -2.41. The van der Waals surface area contributed by atoms with Gasteiger partial charge in [0.25, 0.3) is 0 Å². The second-order valence-corrected chi connectivity index (χ2v) is 6.60. The summed E-state index contributed by atoms with van der Waals surface area (Å²) in [5, 5.41) is 0.383. The number of nitrogens with two attached hydrogens (primary N) is 1. The van der Waals surface area contributed by atoms with Crippen LogP contribution in [0.15, 0.2) is 23.1 Å². The third-order valence-corrected chi connectivity index (χ3v) is 5.09. The molecule has 0 radical (unpaired) electrons. The fraction of sp³-hybridized carbons (Fsp3) is 0.571. The van der Waals surface area contributed by atoms with Crippen molar-refractivity contribution in [2.45, 2.75) is 35.0 Å². The molecule has 104 valence electrons. The van der Waals surface area contributed by atoms with E-state index in [-0.39, 0.29) is 11.4 Å². The van der Waals surface area contributed by atoms with E-state index in [1.165, 1.54) is 6.07 Å². The molecule has 3 rings (SSSR count). The van der Waals surface area contributed by atoms with Crippen molar-refractivity contribution in [2.75, 3.05) is 25.6 Å². The lowest BCUT2D eigenvalue weighted by Gasteiger charge is -2.36. The molecule has 0 bridgehead atoms. The minimum absolute atomic E-state index is 0.125. The third-order valence-electron chi connectivity index (χ3n) is 3.76. The molecule has 2 unspecified atom stereocenters. The molecular weight excluding hydrogens is 265 g/mol. The fourth-order valence-corrected chi connectivity index (χ4v) is 4.02. The summed E-state index contributed by atoms with van der Waals surface area (Å²) in [6, 6.07) is 4.90. The fourth-order valence-electron chi connectivity index (χ4n) is 2.74. The van der Waals surface area contributed by atoms with E-state index >= 15 is 0 Å². The van der Waals surface area contributed by atoms with Crippen LogP contribution in [-0.2, 0) is 9.47 Å². The highest BCUT2D eigenvalue weighted by atomic mass is 32.2. The van der Waals surface area contributed by atoms with Gasteiger partial charge in [0.05, 0.1) is 12.2 Å². The van der Waals surface area contributed by atoms with Crippen molar-refractivity contribution in [3.05, 3.63) is 24.0 Å². The van der Waals surface area contributed by atoms with Gasteiger partial charge in [0.1, 0.15) is 5.82 Å². The third kappa shape index (κ3) is 2.88. The van der Waals surface area contributed by atoms with Crippen molar-refractivity contribution >= 4 is 17.4 Å². The van der Waals surface area contributed by atoms with Crippen LogP contribution in [0.1, 0.15) is 19.3 Å². The Kier molecular flexibility index (Phi) is 3.69. The Morgan fingerprint density at radius 1 is 1.37 bits per heavy atom. The van der Waals surface area contributed by atoms with Crippen LogP contribution in [0, 0.1) is 5.82 Å². The lowest BCUT2D eigenvalue weighted by atomic mass is 9.93. The molecule has 2 atom stereocenters. The molecule has 1 aromatic carbocycles. The van der Waals surface area contributed by atoms with Gasteiger partial charge in [-0.1, -0.05) is 0 Å². The van der Waals surface area contributed by atoms with Crippen LogP contribution in [0.25, 0.3) is 0 Å². The molecule has 1 aromatic rings. The molecule has 2 N–H and O–H groups in total. The van der Waals surface area contributed by atoms with E-state index in [0.29, 0.717) is 22.4 Å². The highest BCUT2D eigenvalue weighted by molar-refractivity contribution is 8.00. The molecule has 2 aliphatic rings. The average Bonchev–Trinajstić information content (AvgIpc) is 2.81. The maximum absolute atomic E-state index is 13.8. The van der Waals surface area contributed by atoms with Crippen LogP contribution in [0.2, 0.25) is 0 Å². The predicted octanol–water partition coefficient (Wildman–Crippen LogP) is 2.84. The first kappa shape index (κ1) is 13.2. The molecule has 0 aromatic heterocycles. The number of hydrogen-bond acceptors (Lipinski definition) is 4. The van der Waals surface area contributed by atoms with Gasteiger partial charge in [-0.05, 0) is 31.0 Å². The smallest absolute Gasteiger partial charge is 0.138 e. The molecule has 0 saturated carbocycles. The topological polar surface area (TPSA) is 44.5 Å². The molecule has 2 saturated heterocycles. The molecule has 1 spiro atoms. The van der Waals surface area contributed by atoms with Crippen molar-refractivity contribution in [1.29, 1.82) is 0 Å². The normalized spacial score (nSPS) is 30.9. The quantitative estimate of drug-likeness (QED) is 0.848. The SMILES string of the molecule is Nc1ccc(SC2CCOC3(CCOC3)C2)c(F)c1. The van der Waals surface area contributed by atoms with Crippen LogP contribution in [-0.4, -0.2) is 30.7 Å². The highest BCUT2D eigenvalue weighted by Gasteiger charge is 2.41. The molecule has 3 nitrogen and oxygen atoms in total. The average molecular weight is 283 g/mol. The number of nitrogen functional groups attached to an aromatic ring is 1. The van der Waals surface area contributed by atoms with E-state index < -0.39 is 0 Å². The van der Waals surface area contributed by atoms with Crippen LogP contribution in [0.5, 0.6) is 0 Å². The maximum atomic E-state index is 13.8. The summed E-state index contributed by atoms with van der Waals surface area (Å²) in [5.74, 6) is -0.229. The van der Waals surface area contributed by atoms with Crippen molar-refractivity contribution in [1.82, 2.24) is 0 Å². The lowest BCUT2D eigenvalue weighted by molar-refractivity contribution is -0.0769. The first-order valence-corrected chi connectivity index (χ1v) is 7.48. The monoisotopic (exact) mass is 283 g/mol. The number of ether oxygens (including phenoxy) is 2. The Balaban J connectivity index is 1.69. The predicted molar refractivity (Wildman–Crippen MR) is 73.8 cm³/mol. The zero-order chi connectivity index (χ0) is 13.3. The van der Waals surface area contributed by atoms with Crippen LogP contribution >= 0.6 is 11.8 Å². The Morgan fingerprint density at radius 3 is 3.00 bits per heavy atom. The van der Waals surface area contributed by atoms with Crippen LogP contribution in [0.4, 0.5) is 10.1 Å². The zero-order valence-electron chi connectivity index (χ0n) is 10.7. The van der Waals surface area contributed by atoms with Crippen LogP contribution in [0.3, 0.4) is 0 Å². The highest BCUT2D eigenvalue weighted by Crippen LogP contribution is 2.40. The Bertz CT molecular complexity index is 463. The minimum Gasteiger partial charge on any atom is -0.399 e. The summed E-state index contributed by atoms with van der Waals surface area (Å²) in [5.41, 5.74) is 5.91. The second kappa shape index (κ2) is 5.31. The van der Waals surface area contributed by atoms with E-state index in [1.807, 2.05) is 0 Å². The molecule has 2 fully saturated rings. The molecule has 5 heteroatoms. The van der Waals surface area contributed by atoms with Gasteiger partial charge >= 0.3 is 0 Å². The molecular formula is C14H18FNO2S. The zero-order valence-corrected chi connectivity index (χ0v) is 11.5. The number of halogens is 1. The van der Waals surface area contributed by atoms with Gasteiger partial charge in [-0.3, -0.25) is 0 Å². The first-order chi connectivity index (χ1) is 9.17. The van der Waals surface area contributed by atoms with Crippen LogP contribution < -0.4 is 5.73 Å².